The third-order valence-corrected chi connectivity index (χ3v) is 1.32. The van der Waals surface area contributed by atoms with Gasteiger partial charge in [0.2, 0.25) is 0 Å². The molecular weight excluding hydrogens is 185 g/mol. The Bertz CT molecular complexity index is 324. The van der Waals surface area contributed by atoms with E-state index in [2.05, 4.69) is 9.61 Å². The molecule has 7 nitrogen and oxygen atoms in total. The van der Waals surface area contributed by atoms with Gasteiger partial charge in [-0.1, -0.05) is 4.98 Å². The molecule has 0 saturated heterocycles. The Morgan fingerprint density at radius 3 is 2.83 bits per heavy atom. The van der Waals surface area contributed by atoms with Crippen LogP contribution in [0.4, 0.5) is 5.95 Å². The fourth-order valence-electron chi connectivity index (χ4n) is 0.553. The second-order valence-corrected chi connectivity index (χ2v) is 3.02. The average Bonchev–Trinajstić information content (AvgIpc) is 1.91. The van der Waals surface area contributed by atoms with Gasteiger partial charge in [-0.15, -0.1) is 0 Å². The zero-order valence-electron chi connectivity index (χ0n) is 5.86. The Hall–Kier alpha value is -1.17. The molecule has 0 saturated carbocycles. The van der Waals surface area contributed by atoms with Gasteiger partial charge >= 0.3 is 13.8 Å². The van der Waals surface area contributed by atoms with E-state index in [1.165, 1.54) is 18.5 Å². The average molecular weight is 192 g/mol. The third-order valence-electron chi connectivity index (χ3n) is 0.934. The molecule has 0 amide bonds. The summed E-state index contributed by atoms with van der Waals surface area (Å²) in [7, 11) is -4.57. The quantitative estimate of drug-likeness (QED) is 0.387. The maximum absolute atomic E-state index is 10.3. The molecule has 0 bridgehead atoms. The lowest BCUT2D eigenvalue weighted by Gasteiger charge is -2.03. The van der Waals surface area contributed by atoms with Crippen LogP contribution >= 0.6 is 7.82 Å². The summed E-state index contributed by atoms with van der Waals surface area (Å²) in [5.41, 5.74) is 5.21. The topological polar surface area (TPSA) is 110 Å². The van der Waals surface area contributed by atoms with Crippen LogP contribution in [0.15, 0.2) is 18.5 Å². The molecule has 0 radical (unpaired) electrons. The molecule has 1 aromatic rings. The molecule has 0 aliphatic heterocycles. The lowest BCUT2D eigenvalue weighted by Crippen LogP contribution is -2.43. The van der Waals surface area contributed by atoms with Gasteiger partial charge in [-0.25, -0.2) is 9.19 Å². The van der Waals surface area contributed by atoms with Crippen molar-refractivity contribution in [3.8, 4) is 0 Å². The van der Waals surface area contributed by atoms with Crippen LogP contribution in [0.3, 0.4) is 0 Å². The fraction of sp³-hybridized carbons (Fsp3) is 0. The molecule has 12 heavy (non-hydrogen) atoms. The van der Waals surface area contributed by atoms with Crippen LogP contribution in [0.25, 0.3) is 0 Å². The van der Waals surface area contributed by atoms with Gasteiger partial charge in [0.1, 0.15) is 12.4 Å². The van der Waals surface area contributed by atoms with Gasteiger partial charge in [-0.05, 0) is 4.73 Å². The minimum atomic E-state index is -4.57. The van der Waals surface area contributed by atoms with Crippen molar-refractivity contribution in [1.29, 1.82) is 0 Å². The highest BCUT2D eigenvalue weighted by atomic mass is 31.2. The molecule has 66 valence electrons. The number of phosphoric acid groups is 1. The van der Waals surface area contributed by atoms with Crippen LogP contribution in [0, 0.1) is 0 Å². The minimum Gasteiger partial charge on any atom is -0.291 e. The number of nitrogen functional groups attached to an aromatic ring is 1. The molecule has 0 unspecified atom stereocenters. The van der Waals surface area contributed by atoms with E-state index in [1.54, 1.807) is 0 Å². The highest BCUT2D eigenvalue weighted by Crippen LogP contribution is 2.29. The Balaban J connectivity index is 2.90. The van der Waals surface area contributed by atoms with Crippen molar-refractivity contribution in [1.82, 2.24) is 4.98 Å². The van der Waals surface area contributed by atoms with E-state index < -0.39 is 7.82 Å². The van der Waals surface area contributed by atoms with Gasteiger partial charge in [0.15, 0.2) is 0 Å². The molecule has 0 spiro atoms. The summed E-state index contributed by atoms with van der Waals surface area (Å²) in [6.07, 6.45) is 2.61. The SMILES string of the molecule is Nc1nccc[n+]1OP(=O)(O)O. The monoisotopic (exact) mass is 192 g/mol. The maximum atomic E-state index is 10.3. The summed E-state index contributed by atoms with van der Waals surface area (Å²) in [6.45, 7) is 0. The fourth-order valence-corrected chi connectivity index (χ4v) is 0.920. The molecular formula is C4H7N3O4P+. The molecule has 4 N–H and O–H groups in total. The molecule has 0 aliphatic carbocycles. The number of anilines is 1. The standard InChI is InChI=1S/C4H6N3O4P/c5-4-6-2-1-3-7(4)11-12(8,9)10/h1-3,5H,(H2,8,9,10)/p+1. The zero-order chi connectivity index (χ0) is 9.19. The van der Waals surface area contributed by atoms with Gasteiger partial charge in [0.25, 0.3) is 0 Å². The first-order chi connectivity index (χ1) is 5.49. The van der Waals surface area contributed by atoms with Crippen LogP contribution in [-0.4, -0.2) is 14.8 Å². The van der Waals surface area contributed by atoms with Crippen molar-refractivity contribution in [3.05, 3.63) is 18.5 Å². The van der Waals surface area contributed by atoms with Gasteiger partial charge < -0.3 is 0 Å². The van der Waals surface area contributed by atoms with Crippen LogP contribution in [0.2, 0.25) is 0 Å². The van der Waals surface area contributed by atoms with Crippen LogP contribution in [-0.2, 0) is 4.57 Å². The Labute approximate surface area is 67.6 Å². The highest BCUT2D eigenvalue weighted by Gasteiger charge is 2.20. The van der Waals surface area contributed by atoms with Crippen molar-refractivity contribution >= 4 is 13.8 Å². The van der Waals surface area contributed by atoms with E-state index in [4.69, 9.17) is 15.5 Å². The Kier molecular flexibility index (Phi) is 2.27. The number of hydrogen-bond donors (Lipinski definition) is 3. The predicted molar refractivity (Wildman–Crippen MR) is 37.5 cm³/mol. The summed E-state index contributed by atoms with van der Waals surface area (Å²) in [5, 5.41) is 0. The molecule has 0 fully saturated rings. The molecule has 0 aliphatic rings. The molecule has 1 heterocycles. The first kappa shape index (κ1) is 8.92. The molecule has 8 heteroatoms. The first-order valence-corrected chi connectivity index (χ1v) is 4.40. The predicted octanol–water partition coefficient (Wildman–Crippen LogP) is -1.53. The summed E-state index contributed by atoms with van der Waals surface area (Å²) in [5.74, 6) is -0.138. The zero-order valence-corrected chi connectivity index (χ0v) is 6.76. The van der Waals surface area contributed by atoms with Gasteiger partial charge in [0, 0.05) is 6.07 Å². The second-order valence-electron chi connectivity index (χ2n) is 1.88. The number of nitrogens with zero attached hydrogens (tertiary/aromatic N) is 2. The van der Waals surface area contributed by atoms with E-state index >= 15 is 0 Å². The first-order valence-electron chi connectivity index (χ1n) is 2.87. The number of rotatable bonds is 2. The molecule has 1 aromatic heterocycles. The largest absolute Gasteiger partial charge is 0.555 e. The lowest BCUT2D eigenvalue weighted by atomic mass is 10.7. The second kappa shape index (κ2) is 3.06. The van der Waals surface area contributed by atoms with E-state index in [0.29, 0.717) is 4.73 Å². The van der Waals surface area contributed by atoms with Gasteiger partial charge in [-0.3, -0.25) is 15.5 Å². The van der Waals surface area contributed by atoms with Crippen LogP contribution in [0.5, 0.6) is 0 Å². The van der Waals surface area contributed by atoms with Crippen molar-refractivity contribution < 1.29 is 23.7 Å². The van der Waals surface area contributed by atoms with E-state index in [1.807, 2.05) is 0 Å². The maximum Gasteiger partial charge on any atom is 0.555 e. The minimum absolute atomic E-state index is 0.138. The number of aromatic nitrogens is 2. The molecule has 0 atom stereocenters. The third kappa shape index (κ3) is 2.46. The van der Waals surface area contributed by atoms with E-state index in [-0.39, 0.29) is 5.95 Å². The van der Waals surface area contributed by atoms with Crippen LogP contribution in [0.1, 0.15) is 0 Å². The number of hydrogen-bond acceptors (Lipinski definition) is 4. The normalized spacial score (nSPS) is 11.2. The van der Waals surface area contributed by atoms with Crippen molar-refractivity contribution in [2.75, 3.05) is 5.73 Å². The van der Waals surface area contributed by atoms with E-state index in [9.17, 15) is 4.57 Å². The van der Waals surface area contributed by atoms with E-state index in [0.717, 1.165) is 0 Å². The Morgan fingerprint density at radius 2 is 2.33 bits per heavy atom. The highest BCUT2D eigenvalue weighted by molar-refractivity contribution is 7.46. The lowest BCUT2D eigenvalue weighted by molar-refractivity contribution is -0.850. The Morgan fingerprint density at radius 1 is 1.67 bits per heavy atom. The van der Waals surface area contributed by atoms with Gasteiger partial charge in [0.05, 0.1) is 0 Å². The molecule has 1 rings (SSSR count). The number of nitrogens with two attached hydrogens (primary N) is 1. The van der Waals surface area contributed by atoms with Crippen LogP contribution < -0.4 is 15.1 Å². The van der Waals surface area contributed by atoms with Crippen molar-refractivity contribution in [2.45, 2.75) is 0 Å². The summed E-state index contributed by atoms with van der Waals surface area (Å²) in [4.78, 5) is 20.3. The van der Waals surface area contributed by atoms with Crippen molar-refractivity contribution in [3.63, 3.8) is 0 Å². The van der Waals surface area contributed by atoms with Crippen molar-refractivity contribution in [2.24, 2.45) is 0 Å². The summed E-state index contributed by atoms with van der Waals surface area (Å²) < 4.78 is 15.1. The smallest absolute Gasteiger partial charge is 0.291 e. The summed E-state index contributed by atoms with van der Waals surface area (Å²) >= 11 is 0. The molecule has 0 aromatic carbocycles. The summed E-state index contributed by atoms with van der Waals surface area (Å²) in [6, 6.07) is 1.42. The van der Waals surface area contributed by atoms with Gasteiger partial charge in [-0.2, -0.15) is 0 Å².